The van der Waals surface area contributed by atoms with E-state index in [0.717, 1.165) is 0 Å². The topological polar surface area (TPSA) is 183 Å². The predicted molar refractivity (Wildman–Crippen MR) is 97.4 cm³/mol. The molecule has 3 unspecified atom stereocenters. The van der Waals surface area contributed by atoms with Crippen LogP contribution in [0.3, 0.4) is 0 Å². The number of amides is 3. The average Bonchev–Trinajstić information content (AvgIpc) is 3.25. The predicted octanol–water partition coefficient (Wildman–Crippen LogP) is -3.61. The van der Waals surface area contributed by atoms with Gasteiger partial charge in [0.15, 0.2) is 17.6 Å². The third-order valence-electron chi connectivity index (χ3n) is 5.90. The molecule has 4 aliphatic heterocycles. The fourth-order valence-electron chi connectivity index (χ4n) is 4.87. The molecule has 0 aromatic rings. The van der Waals surface area contributed by atoms with Crippen molar-refractivity contribution in [2.24, 2.45) is 0 Å². The van der Waals surface area contributed by atoms with E-state index in [1.54, 1.807) is 4.90 Å². The van der Waals surface area contributed by atoms with Crippen LogP contribution < -0.4 is 21.3 Å². The van der Waals surface area contributed by atoms with E-state index in [9.17, 15) is 19.5 Å². The Balaban J connectivity index is 1.70. The minimum absolute atomic E-state index is 0.00809. The highest BCUT2D eigenvalue weighted by Crippen LogP contribution is 2.39. The second-order valence-corrected chi connectivity index (χ2v) is 7.58. The summed E-state index contributed by atoms with van der Waals surface area (Å²) in [5.41, 5.74) is -1.16. The number of aliphatic hydroxyl groups excluding tert-OH is 1. The van der Waals surface area contributed by atoms with Crippen molar-refractivity contribution >= 4 is 29.6 Å². The molecule has 13 nitrogen and oxygen atoms in total. The summed E-state index contributed by atoms with van der Waals surface area (Å²) < 4.78 is 5.58. The van der Waals surface area contributed by atoms with Crippen LogP contribution in [-0.4, -0.2) is 94.3 Å². The van der Waals surface area contributed by atoms with Gasteiger partial charge in [-0.2, -0.15) is 0 Å². The van der Waals surface area contributed by atoms with Crippen LogP contribution in [0, 0.1) is 10.8 Å². The number of ether oxygens (including phenoxy) is 1. The lowest BCUT2D eigenvalue weighted by atomic mass is 9.87. The zero-order valence-corrected chi connectivity index (χ0v) is 15.8. The number of nitrogens with zero attached hydrogens (tertiary/aromatic N) is 2. The monoisotopic (exact) mass is 408 g/mol. The van der Waals surface area contributed by atoms with Crippen molar-refractivity contribution in [3.05, 3.63) is 0 Å². The first kappa shape index (κ1) is 19.4. The van der Waals surface area contributed by atoms with Gasteiger partial charge in [0, 0.05) is 26.3 Å². The fraction of sp³-hybridized carbons (Fsp3) is 0.688. The van der Waals surface area contributed by atoms with E-state index in [1.807, 2.05) is 0 Å². The van der Waals surface area contributed by atoms with E-state index in [-0.39, 0.29) is 55.6 Å². The standard InChI is InChI=1S/C16H24N8O5/c1-7(26)19-9-5-24-15(18)20-8(4-23-10(27)2-3-11(23)28)12-16(24,13(9)29-6-25)22-14(17)21-12/h8-9,12-13,25H,2-6H2,1H3,(H2,18,20)(H,19,26)(H3,17,21,22)/t8-,9?,12?,13+,16?/m0/s1. The van der Waals surface area contributed by atoms with Gasteiger partial charge in [-0.05, 0) is 0 Å². The molecule has 3 amide bonds. The van der Waals surface area contributed by atoms with Crippen molar-refractivity contribution < 1.29 is 24.2 Å². The van der Waals surface area contributed by atoms with Gasteiger partial charge < -0.3 is 36.0 Å². The lowest BCUT2D eigenvalue weighted by molar-refractivity contribution is -0.139. The zero-order valence-electron chi connectivity index (χ0n) is 15.8. The van der Waals surface area contributed by atoms with Crippen molar-refractivity contribution in [2.75, 3.05) is 19.9 Å². The number of aliphatic hydroxyl groups is 1. The van der Waals surface area contributed by atoms with Crippen LogP contribution >= 0.6 is 0 Å². The Morgan fingerprint density at radius 2 is 2.00 bits per heavy atom. The second-order valence-electron chi connectivity index (χ2n) is 7.58. The Morgan fingerprint density at radius 1 is 1.31 bits per heavy atom. The van der Waals surface area contributed by atoms with Crippen LogP contribution in [0.25, 0.3) is 0 Å². The van der Waals surface area contributed by atoms with Gasteiger partial charge in [0.2, 0.25) is 17.7 Å². The summed E-state index contributed by atoms with van der Waals surface area (Å²) in [6, 6.07) is -1.72. The van der Waals surface area contributed by atoms with Gasteiger partial charge in [0.1, 0.15) is 12.9 Å². The number of hydrogen-bond acceptors (Lipinski definition) is 7. The van der Waals surface area contributed by atoms with Crippen molar-refractivity contribution in [2.45, 2.75) is 49.7 Å². The van der Waals surface area contributed by atoms with Crippen molar-refractivity contribution in [3.63, 3.8) is 0 Å². The molecular weight excluding hydrogens is 384 g/mol. The normalized spacial score (nSPS) is 35.8. The first-order chi connectivity index (χ1) is 13.8. The Labute approximate surface area is 166 Å². The van der Waals surface area contributed by atoms with Gasteiger partial charge in [-0.1, -0.05) is 0 Å². The highest BCUT2D eigenvalue weighted by atomic mass is 16.6. The Morgan fingerprint density at radius 3 is 2.62 bits per heavy atom. The summed E-state index contributed by atoms with van der Waals surface area (Å²) in [6.45, 7) is 0.982. The highest BCUT2D eigenvalue weighted by molar-refractivity contribution is 6.02. The van der Waals surface area contributed by atoms with Crippen LogP contribution in [0.15, 0.2) is 0 Å². The number of rotatable bonds is 5. The summed E-state index contributed by atoms with van der Waals surface area (Å²) in [5.74, 6) is -0.845. The molecule has 29 heavy (non-hydrogen) atoms. The van der Waals surface area contributed by atoms with Crippen LogP contribution in [0.2, 0.25) is 0 Å². The maximum Gasteiger partial charge on any atom is 0.229 e. The molecule has 158 valence electrons. The maximum absolute atomic E-state index is 12.1. The number of carbonyl (C=O) groups excluding carboxylic acids is 3. The zero-order chi connectivity index (χ0) is 20.9. The van der Waals surface area contributed by atoms with Gasteiger partial charge in [-0.25, -0.2) is 0 Å². The molecular formula is C16H24N8O5. The average molecular weight is 408 g/mol. The van der Waals surface area contributed by atoms with Crippen molar-refractivity contribution in [1.29, 1.82) is 10.8 Å². The van der Waals surface area contributed by atoms with E-state index in [1.165, 1.54) is 11.8 Å². The van der Waals surface area contributed by atoms with Crippen molar-refractivity contribution in [1.82, 2.24) is 31.1 Å². The van der Waals surface area contributed by atoms with Gasteiger partial charge in [-0.3, -0.25) is 30.1 Å². The molecule has 0 radical (unpaired) electrons. The van der Waals surface area contributed by atoms with Gasteiger partial charge in [0.05, 0.1) is 24.7 Å². The first-order valence-electron chi connectivity index (χ1n) is 9.36. The Bertz CT molecular complexity index is 773. The summed E-state index contributed by atoms with van der Waals surface area (Å²) in [6.07, 6.45) is -0.479. The van der Waals surface area contributed by atoms with Crippen LogP contribution in [0.4, 0.5) is 0 Å². The quantitative estimate of drug-likeness (QED) is 0.178. The summed E-state index contributed by atoms with van der Waals surface area (Å²) in [5, 5.41) is 37.9. The Hall–Kier alpha value is -2.93. The number of carbonyl (C=O) groups is 3. The molecule has 0 aromatic carbocycles. The first-order valence-corrected chi connectivity index (χ1v) is 9.36. The summed E-state index contributed by atoms with van der Waals surface area (Å²) in [4.78, 5) is 38.7. The number of hydrogen-bond donors (Lipinski definition) is 7. The van der Waals surface area contributed by atoms with Gasteiger partial charge in [0.25, 0.3) is 0 Å². The van der Waals surface area contributed by atoms with E-state index in [4.69, 9.17) is 15.6 Å². The third-order valence-corrected chi connectivity index (χ3v) is 5.90. The smallest absolute Gasteiger partial charge is 0.229 e. The van der Waals surface area contributed by atoms with Gasteiger partial charge in [-0.15, -0.1) is 0 Å². The van der Waals surface area contributed by atoms with E-state index < -0.39 is 36.7 Å². The minimum atomic E-state index is -1.16. The molecule has 0 aliphatic carbocycles. The fourth-order valence-corrected chi connectivity index (χ4v) is 4.87. The third kappa shape index (κ3) is 2.88. The summed E-state index contributed by atoms with van der Waals surface area (Å²) in [7, 11) is 0. The molecule has 1 spiro atoms. The van der Waals surface area contributed by atoms with Crippen molar-refractivity contribution in [3.8, 4) is 0 Å². The molecule has 4 aliphatic rings. The molecule has 4 heterocycles. The lowest BCUT2D eigenvalue weighted by Crippen LogP contribution is -2.78. The van der Waals surface area contributed by atoms with E-state index in [2.05, 4.69) is 21.3 Å². The molecule has 7 N–H and O–H groups in total. The largest absolute Gasteiger partial charge is 0.371 e. The number of imide groups is 1. The minimum Gasteiger partial charge on any atom is -0.371 e. The number of guanidine groups is 2. The number of nitrogens with one attached hydrogen (secondary N) is 6. The maximum atomic E-state index is 12.1. The molecule has 5 atom stereocenters. The second kappa shape index (κ2) is 6.84. The molecule has 0 saturated carbocycles. The molecule has 4 fully saturated rings. The molecule has 4 rings (SSSR count). The SMILES string of the molecule is CC(=O)NC1CN2C(=N)N[C@@H](CN3C(=O)CCC3=O)C3NC(=N)NC32[C@@H]1OCO. The van der Waals surface area contributed by atoms with Crippen LogP contribution in [0.5, 0.6) is 0 Å². The van der Waals surface area contributed by atoms with Crippen LogP contribution in [-0.2, 0) is 19.1 Å². The number of likely N-dealkylation sites (tertiary alicyclic amines) is 1. The summed E-state index contributed by atoms with van der Waals surface area (Å²) >= 11 is 0. The van der Waals surface area contributed by atoms with E-state index >= 15 is 0 Å². The molecule has 0 bridgehead atoms. The van der Waals surface area contributed by atoms with Crippen LogP contribution in [0.1, 0.15) is 19.8 Å². The molecule has 0 aromatic heterocycles. The lowest BCUT2D eigenvalue weighted by Gasteiger charge is -2.50. The van der Waals surface area contributed by atoms with E-state index in [0.29, 0.717) is 0 Å². The van der Waals surface area contributed by atoms with Gasteiger partial charge >= 0.3 is 0 Å². The molecule has 13 heteroatoms. The Kier molecular flexibility index (Phi) is 4.58. The molecule has 4 saturated heterocycles. The highest BCUT2D eigenvalue weighted by Gasteiger charge is 2.67.